The minimum atomic E-state index is -0.181. The van der Waals surface area contributed by atoms with Gasteiger partial charge >= 0.3 is 0 Å². The third-order valence-corrected chi connectivity index (χ3v) is 3.86. The summed E-state index contributed by atoms with van der Waals surface area (Å²) >= 11 is 0. The molecule has 2 aromatic rings. The number of rotatable bonds is 1. The quantitative estimate of drug-likeness (QED) is 0.854. The molecule has 0 spiro atoms. The van der Waals surface area contributed by atoms with E-state index in [4.69, 9.17) is 15.2 Å². The number of nitrogens with zero attached hydrogens (tertiary/aromatic N) is 3. The Morgan fingerprint density at radius 2 is 2.00 bits per heavy atom. The average Bonchev–Trinajstić information content (AvgIpc) is 2.55. The number of hydrogen-bond acceptors (Lipinski definition) is 6. The van der Waals surface area contributed by atoms with E-state index in [9.17, 15) is 0 Å². The van der Waals surface area contributed by atoms with Gasteiger partial charge in [-0.1, -0.05) is 12.1 Å². The molecule has 4 rings (SSSR count). The van der Waals surface area contributed by atoms with Gasteiger partial charge in [0.05, 0.1) is 24.5 Å². The van der Waals surface area contributed by atoms with Crippen LogP contribution in [0.3, 0.4) is 0 Å². The SMILES string of the molecule is Nc1ncc2c(n1)-c1ccccc1O[C@H]2N1CCOCC1. The highest BCUT2D eigenvalue weighted by atomic mass is 16.5. The summed E-state index contributed by atoms with van der Waals surface area (Å²) in [6.45, 7) is 3.09. The first kappa shape index (κ1) is 12.6. The minimum Gasteiger partial charge on any atom is -0.470 e. The highest BCUT2D eigenvalue weighted by Crippen LogP contribution is 2.42. The highest BCUT2D eigenvalue weighted by Gasteiger charge is 2.32. The third kappa shape index (κ3) is 2.12. The van der Waals surface area contributed by atoms with E-state index in [1.807, 2.05) is 24.3 Å². The van der Waals surface area contributed by atoms with E-state index in [-0.39, 0.29) is 12.2 Å². The molecule has 1 atom stereocenters. The Bertz CT molecular complexity index is 670. The van der Waals surface area contributed by atoms with Gasteiger partial charge in [0.1, 0.15) is 5.75 Å². The molecule has 0 bridgehead atoms. The number of nitrogens with two attached hydrogens (primary N) is 1. The Morgan fingerprint density at radius 1 is 1.19 bits per heavy atom. The van der Waals surface area contributed by atoms with Gasteiger partial charge in [-0.15, -0.1) is 0 Å². The minimum absolute atomic E-state index is 0.181. The third-order valence-electron chi connectivity index (χ3n) is 3.86. The lowest BCUT2D eigenvalue weighted by molar-refractivity contribution is -0.0487. The molecule has 0 amide bonds. The molecule has 6 heteroatoms. The monoisotopic (exact) mass is 284 g/mol. The standard InChI is InChI=1S/C15H16N4O2/c16-15-17-9-11-13(18-15)10-3-1-2-4-12(10)21-14(11)19-5-7-20-8-6-19/h1-4,9,14H,5-8H2,(H2,16,17,18)/t14-/m1/s1. The average molecular weight is 284 g/mol. The number of ether oxygens (including phenoxy) is 2. The van der Waals surface area contributed by atoms with Crippen LogP contribution in [0, 0.1) is 0 Å². The summed E-state index contributed by atoms with van der Waals surface area (Å²) in [7, 11) is 0. The van der Waals surface area contributed by atoms with Crippen molar-refractivity contribution in [1.29, 1.82) is 0 Å². The van der Waals surface area contributed by atoms with Crippen LogP contribution < -0.4 is 10.5 Å². The van der Waals surface area contributed by atoms with Crippen LogP contribution in [0.25, 0.3) is 11.3 Å². The zero-order chi connectivity index (χ0) is 14.2. The van der Waals surface area contributed by atoms with Gasteiger partial charge in [-0.3, -0.25) is 4.90 Å². The topological polar surface area (TPSA) is 73.5 Å². The van der Waals surface area contributed by atoms with Gasteiger partial charge in [-0.25, -0.2) is 9.97 Å². The number of nitrogen functional groups attached to an aromatic ring is 1. The molecule has 2 aliphatic heterocycles. The number of benzene rings is 1. The second kappa shape index (κ2) is 4.98. The molecule has 1 aromatic heterocycles. The summed E-state index contributed by atoms with van der Waals surface area (Å²) in [5, 5.41) is 0. The molecule has 108 valence electrons. The van der Waals surface area contributed by atoms with Crippen molar-refractivity contribution < 1.29 is 9.47 Å². The molecule has 2 N–H and O–H groups in total. The molecule has 1 fully saturated rings. The summed E-state index contributed by atoms with van der Waals surface area (Å²) in [6.07, 6.45) is 1.59. The molecule has 1 saturated heterocycles. The molecule has 0 unspecified atom stereocenters. The molecule has 6 nitrogen and oxygen atoms in total. The number of morpholine rings is 1. The van der Waals surface area contributed by atoms with E-state index < -0.39 is 0 Å². The Labute approximate surface area is 122 Å². The molecular formula is C15H16N4O2. The maximum Gasteiger partial charge on any atom is 0.220 e. The zero-order valence-electron chi connectivity index (χ0n) is 11.5. The Kier molecular flexibility index (Phi) is 2.98. The molecule has 0 radical (unpaired) electrons. The van der Waals surface area contributed by atoms with Crippen LogP contribution in [0.1, 0.15) is 11.8 Å². The van der Waals surface area contributed by atoms with Gasteiger partial charge in [0.2, 0.25) is 5.95 Å². The lowest BCUT2D eigenvalue weighted by Crippen LogP contribution is -2.42. The number of para-hydroxylation sites is 1. The van der Waals surface area contributed by atoms with Gasteiger partial charge in [0.25, 0.3) is 0 Å². The lowest BCUT2D eigenvalue weighted by Gasteiger charge is -2.37. The van der Waals surface area contributed by atoms with E-state index in [2.05, 4.69) is 14.9 Å². The van der Waals surface area contributed by atoms with Gasteiger partial charge in [0, 0.05) is 24.8 Å². The van der Waals surface area contributed by atoms with Crippen molar-refractivity contribution >= 4 is 5.95 Å². The van der Waals surface area contributed by atoms with Crippen molar-refractivity contribution in [2.75, 3.05) is 32.0 Å². The largest absolute Gasteiger partial charge is 0.470 e. The molecule has 3 heterocycles. The van der Waals surface area contributed by atoms with Gasteiger partial charge in [0.15, 0.2) is 6.23 Å². The van der Waals surface area contributed by atoms with E-state index >= 15 is 0 Å². The molecule has 0 saturated carbocycles. The summed E-state index contributed by atoms with van der Waals surface area (Å²) < 4.78 is 11.6. The maximum absolute atomic E-state index is 6.19. The van der Waals surface area contributed by atoms with Crippen molar-refractivity contribution in [3.05, 3.63) is 36.0 Å². The van der Waals surface area contributed by atoms with Gasteiger partial charge < -0.3 is 15.2 Å². The van der Waals surface area contributed by atoms with Crippen LogP contribution in [0.2, 0.25) is 0 Å². The maximum atomic E-state index is 6.19. The zero-order valence-corrected chi connectivity index (χ0v) is 11.5. The van der Waals surface area contributed by atoms with Crippen LogP contribution in [0.5, 0.6) is 5.75 Å². The van der Waals surface area contributed by atoms with Crippen LogP contribution >= 0.6 is 0 Å². The predicted octanol–water partition coefficient (Wildman–Crippen LogP) is 1.45. The van der Waals surface area contributed by atoms with Crippen molar-refractivity contribution in [2.24, 2.45) is 0 Å². The highest BCUT2D eigenvalue weighted by molar-refractivity contribution is 5.72. The van der Waals surface area contributed by atoms with Gasteiger partial charge in [-0.2, -0.15) is 0 Å². The number of aromatic nitrogens is 2. The molecule has 0 aliphatic carbocycles. The van der Waals surface area contributed by atoms with Crippen LogP contribution in [0.4, 0.5) is 5.95 Å². The first-order chi connectivity index (χ1) is 10.3. The Morgan fingerprint density at radius 3 is 2.86 bits per heavy atom. The fraction of sp³-hybridized carbons (Fsp3) is 0.333. The second-order valence-electron chi connectivity index (χ2n) is 5.15. The van der Waals surface area contributed by atoms with Crippen molar-refractivity contribution in [3.8, 4) is 17.0 Å². The molecular weight excluding hydrogens is 268 g/mol. The molecule has 21 heavy (non-hydrogen) atoms. The van der Waals surface area contributed by atoms with Gasteiger partial charge in [-0.05, 0) is 12.1 Å². The fourth-order valence-corrected chi connectivity index (χ4v) is 2.83. The van der Waals surface area contributed by atoms with Crippen LogP contribution in [-0.2, 0) is 4.74 Å². The fourth-order valence-electron chi connectivity index (χ4n) is 2.83. The van der Waals surface area contributed by atoms with Crippen molar-refractivity contribution in [2.45, 2.75) is 6.23 Å². The normalized spacial score (nSPS) is 21.2. The summed E-state index contributed by atoms with van der Waals surface area (Å²) in [6, 6.07) is 7.89. The lowest BCUT2D eigenvalue weighted by atomic mass is 10.0. The smallest absolute Gasteiger partial charge is 0.220 e. The molecule has 1 aromatic carbocycles. The first-order valence-electron chi connectivity index (χ1n) is 7.03. The van der Waals surface area contributed by atoms with E-state index in [1.54, 1.807) is 6.20 Å². The summed E-state index contributed by atoms with van der Waals surface area (Å²) in [5.74, 6) is 1.12. The number of hydrogen-bond donors (Lipinski definition) is 1. The first-order valence-corrected chi connectivity index (χ1v) is 7.03. The Hall–Kier alpha value is -2.18. The van der Waals surface area contributed by atoms with E-state index in [0.717, 1.165) is 35.7 Å². The van der Waals surface area contributed by atoms with E-state index in [0.29, 0.717) is 13.2 Å². The van der Waals surface area contributed by atoms with Crippen LogP contribution in [0.15, 0.2) is 30.5 Å². The number of fused-ring (bicyclic) bond motifs is 3. The van der Waals surface area contributed by atoms with Crippen LogP contribution in [-0.4, -0.2) is 41.2 Å². The van der Waals surface area contributed by atoms with Crippen molar-refractivity contribution in [3.63, 3.8) is 0 Å². The van der Waals surface area contributed by atoms with Crippen molar-refractivity contribution in [1.82, 2.24) is 14.9 Å². The molecule has 2 aliphatic rings. The summed E-state index contributed by atoms with van der Waals surface area (Å²) in [4.78, 5) is 10.8. The predicted molar refractivity (Wildman–Crippen MR) is 77.6 cm³/mol. The summed E-state index contributed by atoms with van der Waals surface area (Å²) in [5.41, 5.74) is 8.55. The Balaban J connectivity index is 1.82. The van der Waals surface area contributed by atoms with E-state index in [1.165, 1.54) is 0 Å². The number of anilines is 1. The second-order valence-corrected chi connectivity index (χ2v) is 5.15.